The Morgan fingerprint density at radius 1 is 1.32 bits per heavy atom. The molecule has 0 saturated carbocycles. The van der Waals surface area contributed by atoms with E-state index >= 15 is 0 Å². The standard InChI is InChI=1S/C19H30N4O2/c1-13(2)9-17-19(25)22-11-14(20(3)4)10-15(22)12-23(17)18(24)16-7-6-8-21(16)5/h6-8,13-15,17H,9-12H2,1-5H3/t14-,15-,17-/m0/s1. The van der Waals surface area contributed by atoms with Gasteiger partial charge in [-0.05, 0) is 45.0 Å². The molecule has 0 spiro atoms. The van der Waals surface area contributed by atoms with Crippen LogP contribution < -0.4 is 0 Å². The molecule has 2 aliphatic heterocycles. The quantitative estimate of drug-likeness (QED) is 0.829. The van der Waals surface area contributed by atoms with E-state index in [1.165, 1.54) is 0 Å². The van der Waals surface area contributed by atoms with Crippen molar-refractivity contribution in [2.75, 3.05) is 27.2 Å². The van der Waals surface area contributed by atoms with E-state index in [9.17, 15) is 9.59 Å². The molecule has 0 aliphatic carbocycles. The van der Waals surface area contributed by atoms with Crippen molar-refractivity contribution >= 4 is 11.8 Å². The molecule has 1 aromatic rings. The van der Waals surface area contributed by atoms with Gasteiger partial charge in [-0.15, -0.1) is 0 Å². The molecule has 2 amide bonds. The molecular weight excluding hydrogens is 316 g/mol. The molecule has 0 unspecified atom stereocenters. The van der Waals surface area contributed by atoms with E-state index in [2.05, 4.69) is 32.8 Å². The van der Waals surface area contributed by atoms with Gasteiger partial charge in [0.15, 0.2) is 0 Å². The number of fused-ring (bicyclic) bond motifs is 1. The second-order valence-electron chi connectivity index (χ2n) is 8.10. The van der Waals surface area contributed by atoms with Crippen LogP contribution in [-0.2, 0) is 11.8 Å². The summed E-state index contributed by atoms with van der Waals surface area (Å²) >= 11 is 0. The van der Waals surface area contributed by atoms with Crippen molar-refractivity contribution < 1.29 is 9.59 Å². The Labute approximate surface area is 150 Å². The first-order chi connectivity index (χ1) is 11.8. The Kier molecular flexibility index (Phi) is 4.91. The molecule has 6 nitrogen and oxygen atoms in total. The van der Waals surface area contributed by atoms with Gasteiger partial charge in [0.2, 0.25) is 5.91 Å². The van der Waals surface area contributed by atoms with E-state index in [1.54, 1.807) is 0 Å². The van der Waals surface area contributed by atoms with Crippen LogP contribution >= 0.6 is 0 Å². The molecule has 0 bridgehead atoms. The minimum atomic E-state index is -0.348. The van der Waals surface area contributed by atoms with Crippen molar-refractivity contribution in [1.29, 1.82) is 0 Å². The molecule has 6 heteroatoms. The first-order valence-electron chi connectivity index (χ1n) is 9.18. The van der Waals surface area contributed by atoms with Gasteiger partial charge in [0.05, 0.1) is 6.04 Å². The number of nitrogens with zero attached hydrogens (tertiary/aromatic N) is 4. The summed E-state index contributed by atoms with van der Waals surface area (Å²) in [5, 5.41) is 0. The number of rotatable bonds is 4. The lowest BCUT2D eigenvalue weighted by Gasteiger charge is -2.43. The summed E-state index contributed by atoms with van der Waals surface area (Å²) in [6.07, 6.45) is 3.52. The number of hydrogen-bond acceptors (Lipinski definition) is 3. The predicted molar refractivity (Wildman–Crippen MR) is 97.3 cm³/mol. The third kappa shape index (κ3) is 3.32. The molecule has 0 N–H and O–H groups in total. The van der Waals surface area contributed by atoms with Crippen LogP contribution in [-0.4, -0.2) is 76.4 Å². The molecule has 3 rings (SSSR count). The van der Waals surface area contributed by atoms with Gasteiger partial charge in [-0.25, -0.2) is 0 Å². The summed E-state index contributed by atoms with van der Waals surface area (Å²) in [4.78, 5) is 32.4. The molecule has 2 saturated heterocycles. The number of carbonyl (C=O) groups is 2. The lowest BCUT2D eigenvalue weighted by Crippen LogP contribution is -2.61. The van der Waals surface area contributed by atoms with Gasteiger partial charge >= 0.3 is 0 Å². The average molecular weight is 346 g/mol. The van der Waals surface area contributed by atoms with Gasteiger partial charge in [0.25, 0.3) is 5.91 Å². The number of aromatic nitrogens is 1. The Morgan fingerprint density at radius 3 is 2.60 bits per heavy atom. The Morgan fingerprint density at radius 2 is 2.04 bits per heavy atom. The molecular formula is C19H30N4O2. The number of hydrogen-bond donors (Lipinski definition) is 0. The summed E-state index contributed by atoms with van der Waals surface area (Å²) in [5.41, 5.74) is 0.650. The summed E-state index contributed by atoms with van der Waals surface area (Å²) < 4.78 is 1.84. The zero-order valence-electron chi connectivity index (χ0n) is 16.0. The van der Waals surface area contributed by atoms with Crippen molar-refractivity contribution in [3.05, 3.63) is 24.0 Å². The maximum Gasteiger partial charge on any atom is 0.271 e. The highest BCUT2D eigenvalue weighted by Crippen LogP contribution is 2.31. The van der Waals surface area contributed by atoms with Gasteiger partial charge in [-0.2, -0.15) is 0 Å². The average Bonchev–Trinajstić information content (AvgIpc) is 3.15. The first-order valence-corrected chi connectivity index (χ1v) is 9.18. The van der Waals surface area contributed by atoms with Gasteiger partial charge in [0, 0.05) is 32.4 Å². The van der Waals surface area contributed by atoms with Crippen molar-refractivity contribution in [2.45, 2.75) is 44.8 Å². The highest BCUT2D eigenvalue weighted by Gasteiger charge is 2.47. The van der Waals surface area contributed by atoms with Gasteiger partial charge < -0.3 is 19.3 Å². The maximum absolute atomic E-state index is 13.2. The van der Waals surface area contributed by atoms with Crippen LogP contribution in [0.15, 0.2) is 18.3 Å². The zero-order chi connectivity index (χ0) is 18.3. The van der Waals surface area contributed by atoms with Crippen LogP contribution in [0.5, 0.6) is 0 Å². The normalized spacial score (nSPS) is 26.7. The maximum atomic E-state index is 13.2. The molecule has 3 heterocycles. The number of amides is 2. The van der Waals surface area contributed by atoms with Crippen molar-refractivity contribution in [3.8, 4) is 0 Å². The summed E-state index contributed by atoms with van der Waals surface area (Å²) in [6, 6.07) is 3.87. The van der Waals surface area contributed by atoms with E-state index in [4.69, 9.17) is 0 Å². The van der Waals surface area contributed by atoms with E-state index in [1.807, 2.05) is 39.7 Å². The zero-order valence-corrected chi connectivity index (χ0v) is 16.0. The van der Waals surface area contributed by atoms with Crippen LogP contribution in [0.3, 0.4) is 0 Å². The number of carbonyl (C=O) groups excluding carboxylic acids is 2. The fourth-order valence-electron chi connectivity index (χ4n) is 4.12. The van der Waals surface area contributed by atoms with E-state index in [-0.39, 0.29) is 23.9 Å². The summed E-state index contributed by atoms with van der Waals surface area (Å²) in [6.45, 7) is 5.63. The van der Waals surface area contributed by atoms with Crippen LogP contribution in [0.1, 0.15) is 37.2 Å². The number of piperazine rings is 1. The topological polar surface area (TPSA) is 48.8 Å². The molecule has 2 fully saturated rings. The summed E-state index contributed by atoms with van der Waals surface area (Å²) in [7, 11) is 6.00. The second kappa shape index (κ2) is 6.83. The monoisotopic (exact) mass is 346 g/mol. The Balaban J connectivity index is 1.89. The lowest BCUT2D eigenvalue weighted by molar-refractivity contribution is -0.142. The minimum absolute atomic E-state index is 0.0283. The SMILES string of the molecule is CC(C)C[C@H]1C(=O)N2C[C@@H](N(C)C)C[C@H]2CN1C(=O)c1cccn1C. The lowest BCUT2D eigenvalue weighted by atomic mass is 9.96. The number of likely N-dealkylation sites (N-methyl/N-ethyl adjacent to an activating group) is 1. The summed E-state index contributed by atoms with van der Waals surface area (Å²) in [5.74, 6) is 0.456. The van der Waals surface area contributed by atoms with Crippen LogP contribution in [0.2, 0.25) is 0 Å². The first kappa shape index (κ1) is 18.0. The smallest absolute Gasteiger partial charge is 0.271 e. The van der Waals surface area contributed by atoms with Crippen LogP contribution in [0.4, 0.5) is 0 Å². The van der Waals surface area contributed by atoms with Crippen LogP contribution in [0.25, 0.3) is 0 Å². The second-order valence-corrected chi connectivity index (χ2v) is 8.10. The van der Waals surface area contributed by atoms with E-state index in [0.717, 1.165) is 13.0 Å². The van der Waals surface area contributed by atoms with Crippen molar-refractivity contribution in [2.24, 2.45) is 13.0 Å². The molecule has 0 radical (unpaired) electrons. The fraction of sp³-hybridized carbons (Fsp3) is 0.684. The van der Waals surface area contributed by atoms with Gasteiger partial charge in [0.1, 0.15) is 11.7 Å². The minimum Gasteiger partial charge on any atom is -0.347 e. The molecule has 0 aromatic carbocycles. The fourth-order valence-corrected chi connectivity index (χ4v) is 4.12. The largest absolute Gasteiger partial charge is 0.347 e. The highest BCUT2D eigenvalue weighted by molar-refractivity contribution is 5.97. The molecule has 2 aliphatic rings. The number of aryl methyl sites for hydroxylation is 1. The predicted octanol–water partition coefficient (Wildman–Crippen LogP) is 1.43. The highest BCUT2D eigenvalue weighted by atomic mass is 16.2. The van der Waals surface area contributed by atoms with Crippen molar-refractivity contribution in [1.82, 2.24) is 19.3 Å². The van der Waals surface area contributed by atoms with E-state index in [0.29, 0.717) is 30.6 Å². The van der Waals surface area contributed by atoms with Crippen LogP contribution in [0, 0.1) is 5.92 Å². The van der Waals surface area contributed by atoms with E-state index < -0.39 is 0 Å². The van der Waals surface area contributed by atoms with Gasteiger partial charge in [-0.1, -0.05) is 13.8 Å². The Bertz CT molecular complexity index is 652. The third-order valence-electron chi connectivity index (χ3n) is 5.59. The third-order valence-corrected chi connectivity index (χ3v) is 5.59. The molecule has 3 atom stereocenters. The van der Waals surface area contributed by atoms with Gasteiger partial charge in [-0.3, -0.25) is 9.59 Å². The Hall–Kier alpha value is -1.82. The molecule has 1 aromatic heterocycles. The molecule has 25 heavy (non-hydrogen) atoms. The molecule has 138 valence electrons. The van der Waals surface area contributed by atoms with Crippen molar-refractivity contribution in [3.63, 3.8) is 0 Å².